The molecule has 148 valence electrons. The second-order valence-corrected chi connectivity index (χ2v) is 8.75. The average Bonchev–Trinajstić information content (AvgIpc) is 3.44. The Morgan fingerprint density at radius 2 is 1.89 bits per heavy atom. The van der Waals surface area contributed by atoms with Gasteiger partial charge in [0.2, 0.25) is 5.95 Å². The molecule has 2 saturated carbocycles. The van der Waals surface area contributed by atoms with Crippen molar-refractivity contribution in [3.8, 4) is 0 Å². The highest BCUT2D eigenvalue weighted by atomic mass is 16.3. The number of rotatable bonds is 5. The summed E-state index contributed by atoms with van der Waals surface area (Å²) in [5, 5.41) is 13.5. The van der Waals surface area contributed by atoms with Gasteiger partial charge < -0.3 is 15.3 Å². The van der Waals surface area contributed by atoms with Gasteiger partial charge in [0.25, 0.3) is 0 Å². The summed E-state index contributed by atoms with van der Waals surface area (Å²) in [7, 11) is 0. The number of fused-ring (bicyclic) bond motifs is 1. The Labute approximate surface area is 167 Å². The summed E-state index contributed by atoms with van der Waals surface area (Å²) in [5.41, 5.74) is 4.91. The van der Waals surface area contributed by atoms with Crippen molar-refractivity contribution >= 4 is 11.8 Å². The van der Waals surface area contributed by atoms with Crippen LogP contribution in [0, 0.1) is 0 Å². The number of nitrogens with zero attached hydrogens (tertiary/aromatic N) is 3. The van der Waals surface area contributed by atoms with E-state index in [0.29, 0.717) is 12.0 Å². The van der Waals surface area contributed by atoms with Crippen LogP contribution in [0.4, 0.5) is 11.8 Å². The van der Waals surface area contributed by atoms with E-state index in [-0.39, 0.29) is 0 Å². The first-order valence-corrected chi connectivity index (χ1v) is 10.9. The molecule has 0 spiro atoms. The molecule has 0 saturated heterocycles. The molecule has 1 aromatic carbocycles. The van der Waals surface area contributed by atoms with Crippen molar-refractivity contribution in [1.29, 1.82) is 0 Å². The van der Waals surface area contributed by atoms with Gasteiger partial charge in [0, 0.05) is 31.1 Å². The van der Waals surface area contributed by atoms with Crippen LogP contribution < -0.4 is 10.2 Å². The van der Waals surface area contributed by atoms with Gasteiger partial charge in [-0.2, -0.15) is 4.98 Å². The molecule has 0 amide bonds. The highest BCUT2D eigenvalue weighted by molar-refractivity contribution is 5.50. The van der Waals surface area contributed by atoms with Crippen LogP contribution in [0.5, 0.6) is 0 Å². The predicted octanol–water partition coefficient (Wildman–Crippen LogP) is 4.32. The summed E-state index contributed by atoms with van der Waals surface area (Å²) >= 11 is 0. The van der Waals surface area contributed by atoms with Gasteiger partial charge >= 0.3 is 0 Å². The third-order valence-electron chi connectivity index (χ3n) is 6.47. The molecular weight excluding hydrogens is 348 g/mol. The smallest absolute Gasteiger partial charge is 0.225 e. The Balaban J connectivity index is 1.40. The molecule has 0 radical (unpaired) electrons. The van der Waals surface area contributed by atoms with E-state index in [4.69, 9.17) is 9.97 Å². The molecule has 0 unspecified atom stereocenters. The van der Waals surface area contributed by atoms with E-state index in [1.165, 1.54) is 55.3 Å². The zero-order valence-corrected chi connectivity index (χ0v) is 16.7. The third-order valence-corrected chi connectivity index (χ3v) is 6.47. The second-order valence-electron chi connectivity index (χ2n) is 8.75. The van der Waals surface area contributed by atoms with Crippen molar-refractivity contribution in [1.82, 2.24) is 9.97 Å². The number of anilines is 2. The number of hydrogen-bond donors (Lipinski definition) is 2. The quantitative estimate of drug-likeness (QED) is 0.811. The van der Waals surface area contributed by atoms with Gasteiger partial charge in [-0.1, -0.05) is 31.0 Å². The Bertz CT molecular complexity index is 856. The molecule has 1 aromatic heterocycles. The summed E-state index contributed by atoms with van der Waals surface area (Å²) in [6, 6.07) is 9.13. The molecular formula is C23H30N4O. The van der Waals surface area contributed by atoms with E-state index >= 15 is 0 Å². The van der Waals surface area contributed by atoms with Crippen LogP contribution in [-0.4, -0.2) is 27.7 Å². The zero-order chi connectivity index (χ0) is 19.1. The molecule has 5 heteroatoms. The fourth-order valence-corrected chi connectivity index (χ4v) is 4.55. The molecule has 2 aliphatic carbocycles. The van der Waals surface area contributed by atoms with Crippen molar-refractivity contribution < 1.29 is 5.11 Å². The van der Waals surface area contributed by atoms with Gasteiger partial charge in [-0.3, -0.25) is 0 Å². The monoisotopic (exact) mass is 378 g/mol. The van der Waals surface area contributed by atoms with E-state index in [1.807, 2.05) is 6.92 Å². The lowest BCUT2D eigenvalue weighted by molar-refractivity contribution is 0.199. The van der Waals surface area contributed by atoms with E-state index in [9.17, 15) is 5.11 Å². The number of aliphatic hydroxyl groups excluding tert-OH is 1. The van der Waals surface area contributed by atoms with Crippen molar-refractivity contribution in [3.05, 3.63) is 46.6 Å². The minimum absolute atomic E-state index is 0.407. The fraction of sp³-hybridized carbons (Fsp3) is 0.565. The van der Waals surface area contributed by atoms with Gasteiger partial charge in [0.15, 0.2) is 0 Å². The normalized spacial score (nSPS) is 20.9. The van der Waals surface area contributed by atoms with E-state index in [2.05, 4.69) is 34.5 Å². The molecule has 2 N–H and O–H groups in total. The predicted molar refractivity (Wildman–Crippen MR) is 112 cm³/mol. The van der Waals surface area contributed by atoms with Gasteiger partial charge in [-0.15, -0.1) is 0 Å². The number of aliphatic hydroxyl groups is 1. The number of hydrogen-bond acceptors (Lipinski definition) is 5. The first-order valence-electron chi connectivity index (χ1n) is 10.9. The van der Waals surface area contributed by atoms with Gasteiger partial charge in [-0.05, 0) is 55.7 Å². The summed E-state index contributed by atoms with van der Waals surface area (Å²) in [5.74, 6) is 2.50. The van der Waals surface area contributed by atoms with Crippen LogP contribution >= 0.6 is 0 Å². The number of benzene rings is 1. The number of aromatic nitrogens is 2. The van der Waals surface area contributed by atoms with Crippen molar-refractivity contribution in [2.24, 2.45) is 0 Å². The maximum atomic E-state index is 9.86. The van der Waals surface area contributed by atoms with Crippen molar-refractivity contribution in [2.45, 2.75) is 76.5 Å². The average molecular weight is 379 g/mol. The lowest BCUT2D eigenvalue weighted by Crippen LogP contribution is -2.31. The molecule has 28 heavy (non-hydrogen) atoms. The molecule has 1 aliphatic heterocycles. The fourth-order valence-electron chi connectivity index (χ4n) is 4.55. The maximum absolute atomic E-state index is 9.86. The van der Waals surface area contributed by atoms with E-state index in [1.54, 1.807) is 0 Å². The SMILES string of the molecule is C[C@@H](O)c1ccc2c(c1)CCN(c1cc(C3CC3)nc(NC3CCCC3)n1)C2. The van der Waals surface area contributed by atoms with Crippen LogP contribution in [0.1, 0.15) is 79.9 Å². The highest BCUT2D eigenvalue weighted by Crippen LogP contribution is 2.40. The van der Waals surface area contributed by atoms with Gasteiger partial charge in [0.05, 0.1) is 11.8 Å². The van der Waals surface area contributed by atoms with Gasteiger partial charge in [-0.25, -0.2) is 4.98 Å². The maximum Gasteiger partial charge on any atom is 0.225 e. The minimum atomic E-state index is -0.407. The lowest BCUT2D eigenvalue weighted by Gasteiger charge is -2.31. The van der Waals surface area contributed by atoms with Crippen LogP contribution in [-0.2, 0) is 13.0 Å². The first kappa shape index (κ1) is 17.9. The van der Waals surface area contributed by atoms with Crippen LogP contribution in [0.2, 0.25) is 0 Å². The highest BCUT2D eigenvalue weighted by Gasteiger charge is 2.28. The topological polar surface area (TPSA) is 61.3 Å². The third kappa shape index (κ3) is 3.72. The summed E-state index contributed by atoms with van der Waals surface area (Å²) < 4.78 is 0. The Morgan fingerprint density at radius 1 is 1.07 bits per heavy atom. The zero-order valence-electron chi connectivity index (χ0n) is 16.7. The standard InChI is InChI=1S/C23H30N4O/c1-15(28)17-8-9-19-14-27(11-10-18(19)12-17)22-13-21(16-6-7-16)25-23(26-22)24-20-4-2-3-5-20/h8-9,12-13,15-16,20,28H,2-7,10-11,14H2,1H3,(H,24,25,26)/t15-/m1/s1. The summed E-state index contributed by atoms with van der Waals surface area (Å²) in [6.45, 7) is 3.66. The molecule has 3 aliphatic rings. The Hall–Kier alpha value is -2.14. The summed E-state index contributed by atoms with van der Waals surface area (Å²) in [4.78, 5) is 12.2. The first-order chi connectivity index (χ1) is 13.7. The molecule has 2 aromatic rings. The second kappa shape index (κ2) is 7.36. The van der Waals surface area contributed by atoms with Crippen molar-refractivity contribution in [3.63, 3.8) is 0 Å². The minimum Gasteiger partial charge on any atom is -0.389 e. The molecule has 2 fully saturated rings. The largest absolute Gasteiger partial charge is 0.389 e. The molecule has 0 bridgehead atoms. The molecule has 2 heterocycles. The molecule has 5 rings (SSSR count). The van der Waals surface area contributed by atoms with Crippen LogP contribution in [0.15, 0.2) is 24.3 Å². The molecule has 5 nitrogen and oxygen atoms in total. The van der Waals surface area contributed by atoms with E-state index in [0.717, 1.165) is 36.8 Å². The van der Waals surface area contributed by atoms with Crippen LogP contribution in [0.3, 0.4) is 0 Å². The molecule has 1 atom stereocenters. The van der Waals surface area contributed by atoms with Crippen molar-refractivity contribution in [2.75, 3.05) is 16.8 Å². The lowest BCUT2D eigenvalue weighted by atomic mass is 9.96. The number of nitrogens with one attached hydrogen (secondary N) is 1. The Morgan fingerprint density at radius 3 is 2.64 bits per heavy atom. The Kier molecular flexibility index (Phi) is 4.71. The van der Waals surface area contributed by atoms with Crippen LogP contribution in [0.25, 0.3) is 0 Å². The van der Waals surface area contributed by atoms with E-state index < -0.39 is 6.10 Å². The van der Waals surface area contributed by atoms with Gasteiger partial charge in [0.1, 0.15) is 5.82 Å². The summed E-state index contributed by atoms with van der Waals surface area (Å²) in [6.07, 6.45) is 8.17.